The number of thiophene rings is 1. The largest absolute Gasteiger partial charge is 0.323 e. The van der Waals surface area contributed by atoms with Crippen LogP contribution in [0.3, 0.4) is 0 Å². The Hall–Kier alpha value is -2.51. The van der Waals surface area contributed by atoms with Crippen LogP contribution in [0.15, 0.2) is 47.3 Å². The molecule has 4 aromatic rings. The van der Waals surface area contributed by atoms with E-state index in [0.29, 0.717) is 16.0 Å². The first-order valence-corrected chi connectivity index (χ1v) is 8.62. The predicted octanol–water partition coefficient (Wildman–Crippen LogP) is 3.82. The average Bonchev–Trinajstić information content (AvgIpc) is 3.12. The normalized spacial score (nSPS) is 11.2. The molecule has 24 heavy (non-hydrogen) atoms. The number of nitrogens with zero attached hydrogens (tertiary/aromatic N) is 3. The van der Waals surface area contributed by atoms with Crippen molar-refractivity contribution in [1.29, 1.82) is 0 Å². The highest BCUT2D eigenvalue weighted by atomic mass is 32.1. The lowest BCUT2D eigenvalue weighted by molar-refractivity contribution is 0.722. The summed E-state index contributed by atoms with van der Waals surface area (Å²) in [6, 6.07) is 13.8. The van der Waals surface area contributed by atoms with E-state index in [1.54, 1.807) is 4.68 Å². The third-order valence-electron chi connectivity index (χ3n) is 3.98. The van der Waals surface area contributed by atoms with Gasteiger partial charge in [0.1, 0.15) is 4.83 Å². The number of hydrogen-bond acceptors (Lipinski definition) is 4. The van der Waals surface area contributed by atoms with Crippen molar-refractivity contribution in [3.63, 3.8) is 0 Å². The molecule has 7 heteroatoms. The number of aryl methyl sites for hydroxylation is 2. The minimum Gasteiger partial charge on any atom is -0.323 e. The Balaban J connectivity index is 1.98. The monoisotopic (exact) mass is 354 g/mol. The van der Waals surface area contributed by atoms with Gasteiger partial charge in [0.2, 0.25) is 0 Å². The van der Waals surface area contributed by atoms with Crippen LogP contribution in [0.1, 0.15) is 5.69 Å². The Bertz CT molecular complexity index is 1150. The topological polar surface area (TPSA) is 55.6 Å². The van der Waals surface area contributed by atoms with Crippen LogP contribution < -0.4 is 5.56 Å². The summed E-state index contributed by atoms with van der Waals surface area (Å²) in [6.45, 7) is 1.94. The lowest BCUT2D eigenvalue weighted by Gasteiger charge is -2.01. The van der Waals surface area contributed by atoms with E-state index in [9.17, 15) is 4.79 Å². The Morgan fingerprint density at radius 2 is 1.96 bits per heavy atom. The van der Waals surface area contributed by atoms with Crippen molar-refractivity contribution in [2.24, 2.45) is 7.05 Å². The molecule has 1 N–H and O–H groups in total. The van der Waals surface area contributed by atoms with Crippen molar-refractivity contribution in [3.05, 3.63) is 63.3 Å². The smallest absolute Gasteiger partial charge is 0.268 e. The molecule has 5 nitrogen and oxygen atoms in total. The molecule has 0 unspecified atom stereocenters. The van der Waals surface area contributed by atoms with E-state index in [4.69, 9.17) is 12.2 Å². The highest BCUT2D eigenvalue weighted by molar-refractivity contribution is 7.71. The SMILES string of the molecule is Cc1cc(-n2c(=S)[nH]c3sc(-c4ccccc4)cc3c2=O)nn1C. The maximum absolute atomic E-state index is 12.9. The van der Waals surface area contributed by atoms with Gasteiger partial charge in [0.25, 0.3) is 5.56 Å². The number of rotatable bonds is 2. The zero-order valence-electron chi connectivity index (χ0n) is 13.1. The molecule has 0 spiro atoms. The van der Waals surface area contributed by atoms with Crippen LogP contribution in [0, 0.1) is 11.7 Å². The molecule has 3 heterocycles. The Kier molecular flexibility index (Phi) is 3.47. The Morgan fingerprint density at radius 3 is 2.62 bits per heavy atom. The summed E-state index contributed by atoms with van der Waals surface area (Å²) in [7, 11) is 1.84. The van der Waals surface area contributed by atoms with Gasteiger partial charge in [0, 0.05) is 23.7 Å². The molecule has 0 amide bonds. The minimum absolute atomic E-state index is 0.148. The Morgan fingerprint density at radius 1 is 1.21 bits per heavy atom. The van der Waals surface area contributed by atoms with Crippen molar-refractivity contribution in [1.82, 2.24) is 19.3 Å². The molecular weight excluding hydrogens is 340 g/mol. The summed E-state index contributed by atoms with van der Waals surface area (Å²) < 4.78 is 3.53. The molecule has 0 aliphatic carbocycles. The van der Waals surface area contributed by atoms with E-state index < -0.39 is 0 Å². The second kappa shape index (κ2) is 5.54. The maximum Gasteiger partial charge on any atom is 0.268 e. The first kappa shape index (κ1) is 15.0. The first-order valence-electron chi connectivity index (χ1n) is 7.40. The fourth-order valence-electron chi connectivity index (χ4n) is 2.61. The van der Waals surface area contributed by atoms with Crippen LogP contribution in [0.2, 0.25) is 0 Å². The van der Waals surface area contributed by atoms with Crippen LogP contribution in [0.4, 0.5) is 0 Å². The Labute approximate surface area is 146 Å². The minimum atomic E-state index is -0.148. The van der Waals surface area contributed by atoms with Gasteiger partial charge in [-0.15, -0.1) is 11.3 Å². The summed E-state index contributed by atoms with van der Waals surface area (Å²) in [5.41, 5.74) is 1.89. The number of benzene rings is 1. The van der Waals surface area contributed by atoms with Crippen molar-refractivity contribution in [2.75, 3.05) is 0 Å². The van der Waals surface area contributed by atoms with Gasteiger partial charge in [-0.3, -0.25) is 9.48 Å². The fraction of sp³-hybridized carbons (Fsp3) is 0.118. The van der Waals surface area contributed by atoms with Crippen molar-refractivity contribution in [2.45, 2.75) is 6.92 Å². The number of aromatic nitrogens is 4. The van der Waals surface area contributed by atoms with Gasteiger partial charge < -0.3 is 4.98 Å². The van der Waals surface area contributed by atoms with Gasteiger partial charge in [-0.05, 0) is 30.8 Å². The molecule has 0 radical (unpaired) electrons. The van der Waals surface area contributed by atoms with E-state index in [2.05, 4.69) is 10.1 Å². The third kappa shape index (κ3) is 2.33. The van der Waals surface area contributed by atoms with Gasteiger partial charge in [0.05, 0.1) is 5.39 Å². The molecule has 0 saturated carbocycles. The standard InChI is InChI=1S/C17H14N4OS2/c1-10-8-14(19-20(10)2)21-16(22)12-9-13(11-6-4-3-5-7-11)24-15(12)18-17(21)23/h3-9H,1-2H3,(H,18,23). The lowest BCUT2D eigenvalue weighted by atomic mass is 10.2. The zero-order valence-corrected chi connectivity index (χ0v) is 14.7. The molecule has 0 aliphatic heterocycles. The van der Waals surface area contributed by atoms with Crippen molar-refractivity contribution >= 4 is 33.8 Å². The number of aromatic amines is 1. The number of hydrogen-bond donors (Lipinski definition) is 1. The lowest BCUT2D eigenvalue weighted by Crippen LogP contribution is -2.20. The molecule has 0 atom stereocenters. The van der Waals surface area contributed by atoms with Crippen molar-refractivity contribution in [3.8, 4) is 16.3 Å². The van der Waals surface area contributed by atoms with Crippen molar-refractivity contribution < 1.29 is 0 Å². The van der Waals surface area contributed by atoms with Crippen LogP contribution in [-0.4, -0.2) is 19.3 Å². The number of fused-ring (bicyclic) bond motifs is 1. The quantitative estimate of drug-likeness (QED) is 0.557. The molecule has 0 aliphatic rings. The van der Waals surface area contributed by atoms with Gasteiger partial charge in [0.15, 0.2) is 10.6 Å². The molecule has 0 saturated heterocycles. The molecule has 0 fully saturated rings. The van der Waals surface area contributed by atoms with Crippen LogP contribution in [0.5, 0.6) is 0 Å². The van der Waals surface area contributed by atoms with Gasteiger partial charge >= 0.3 is 0 Å². The molecule has 1 aromatic carbocycles. The first-order chi connectivity index (χ1) is 11.5. The maximum atomic E-state index is 12.9. The van der Waals surface area contributed by atoms with E-state index in [1.165, 1.54) is 15.9 Å². The van der Waals surface area contributed by atoms with Crippen LogP contribution >= 0.6 is 23.6 Å². The van der Waals surface area contributed by atoms with Gasteiger partial charge in [-0.1, -0.05) is 30.3 Å². The zero-order chi connectivity index (χ0) is 16.8. The average molecular weight is 354 g/mol. The van der Waals surface area contributed by atoms with Crippen LogP contribution in [-0.2, 0) is 7.05 Å². The second-order valence-electron chi connectivity index (χ2n) is 5.56. The molecule has 4 rings (SSSR count). The fourth-order valence-corrected chi connectivity index (χ4v) is 4.01. The second-order valence-corrected chi connectivity index (χ2v) is 7.00. The van der Waals surface area contributed by atoms with E-state index in [1.807, 2.05) is 56.4 Å². The summed E-state index contributed by atoms with van der Waals surface area (Å²) in [6.07, 6.45) is 0. The number of nitrogens with one attached hydrogen (secondary N) is 1. The molecule has 0 bridgehead atoms. The predicted molar refractivity (Wildman–Crippen MR) is 99.5 cm³/mol. The van der Waals surface area contributed by atoms with Gasteiger partial charge in [-0.2, -0.15) is 5.10 Å². The molecular formula is C17H14N4OS2. The highest BCUT2D eigenvalue weighted by Crippen LogP contribution is 2.30. The summed E-state index contributed by atoms with van der Waals surface area (Å²) in [5.74, 6) is 0.538. The van der Waals surface area contributed by atoms with E-state index in [-0.39, 0.29) is 5.56 Å². The third-order valence-corrected chi connectivity index (χ3v) is 5.36. The van der Waals surface area contributed by atoms with Gasteiger partial charge in [-0.25, -0.2) is 4.57 Å². The van der Waals surface area contributed by atoms with E-state index >= 15 is 0 Å². The summed E-state index contributed by atoms with van der Waals surface area (Å²) in [5, 5.41) is 4.99. The summed E-state index contributed by atoms with van der Waals surface area (Å²) in [4.78, 5) is 17.9. The van der Waals surface area contributed by atoms with E-state index in [0.717, 1.165) is 21.0 Å². The number of H-pyrrole nitrogens is 1. The highest BCUT2D eigenvalue weighted by Gasteiger charge is 2.14. The van der Waals surface area contributed by atoms with Crippen LogP contribution in [0.25, 0.3) is 26.5 Å². The summed E-state index contributed by atoms with van der Waals surface area (Å²) >= 11 is 6.92. The molecule has 3 aromatic heterocycles. The molecule has 120 valence electrons.